The standard InChI is InChI=1S/C10H16N4O2S/c1-8-4-3-5-14(6-8)17(15,16)9-7-13(2)12-10(9)11/h4,7H,3,5-6H2,1-2H3,(H2,11,12). The molecule has 0 spiro atoms. The summed E-state index contributed by atoms with van der Waals surface area (Å²) in [5, 5.41) is 3.87. The van der Waals surface area contributed by atoms with Crippen molar-refractivity contribution >= 4 is 15.8 Å². The second kappa shape index (κ2) is 4.15. The molecule has 2 heterocycles. The van der Waals surface area contributed by atoms with Crippen LogP contribution in [0.1, 0.15) is 13.3 Å². The number of nitrogens with two attached hydrogens (primary N) is 1. The highest BCUT2D eigenvalue weighted by Gasteiger charge is 2.29. The first-order chi connectivity index (χ1) is 7.91. The fourth-order valence-electron chi connectivity index (χ4n) is 1.90. The Labute approximate surface area is 101 Å². The van der Waals surface area contributed by atoms with Crippen LogP contribution in [0.2, 0.25) is 0 Å². The molecule has 0 bridgehead atoms. The van der Waals surface area contributed by atoms with Gasteiger partial charge in [-0.3, -0.25) is 4.68 Å². The third-order valence-electron chi connectivity index (χ3n) is 2.74. The average molecular weight is 256 g/mol. The van der Waals surface area contributed by atoms with E-state index in [1.807, 2.05) is 6.92 Å². The lowest BCUT2D eigenvalue weighted by Gasteiger charge is -2.24. The summed E-state index contributed by atoms with van der Waals surface area (Å²) >= 11 is 0. The highest BCUT2D eigenvalue weighted by Crippen LogP contribution is 2.23. The summed E-state index contributed by atoms with van der Waals surface area (Å²) in [6, 6.07) is 0. The molecule has 0 aromatic carbocycles. The second-order valence-electron chi connectivity index (χ2n) is 4.23. The summed E-state index contributed by atoms with van der Waals surface area (Å²) in [6.45, 7) is 2.85. The molecule has 2 rings (SSSR count). The lowest BCUT2D eigenvalue weighted by Crippen LogP contribution is -2.35. The molecule has 7 heteroatoms. The summed E-state index contributed by atoms with van der Waals surface area (Å²) in [6.07, 6.45) is 4.24. The first-order valence-electron chi connectivity index (χ1n) is 5.36. The molecule has 0 aliphatic carbocycles. The van der Waals surface area contributed by atoms with Gasteiger partial charge in [-0.05, 0) is 13.3 Å². The molecule has 1 aliphatic heterocycles. The number of nitrogen functional groups attached to an aromatic ring is 1. The number of hydrogen-bond donors (Lipinski definition) is 1. The number of aromatic nitrogens is 2. The van der Waals surface area contributed by atoms with E-state index in [4.69, 9.17) is 5.73 Å². The zero-order valence-electron chi connectivity index (χ0n) is 9.92. The van der Waals surface area contributed by atoms with Crippen molar-refractivity contribution in [3.8, 4) is 0 Å². The molecule has 17 heavy (non-hydrogen) atoms. The first kappa shape index (κ1) is 12.1. The van der Waals surface area contributed by atoms with Gasteiger partial charge in [0.2, 0.25) is 10.0 Å². The van der Waals surface area contributed by atoms with Crippen molar-refractivity contribution in [1.82, 2.24) is 14.1 Å². The van der Waals surface area contributed by atoms with Crippen LogP contribution in [0.25, 0.3) is 0 Å². The zero-order valence-corrected chi connectivity index (χ0v) is 10.7. The molecule has 0 amide bonds. The van der Waals surface area contributed by atoms with E-state index in [1.54, 1.807) is 7.05 Å². The normalized spacial score (nSPS) is 18.1. The van der Waals surface area contributed by atoms with E-state index in [9.17, 15) is 8.42 Å². The van der Waals surface area contributed by atoms with Crippen molar-refractivity contribution in [1.29, 1.82) is 0 Å². The predicted molar refractivity (Wildman–Crippen MR) is 64.8 cm³/mol. The van der Waals surface area contributed by atoms with Crippen LogP contribution in [0, 0.1) is 0 Å². The van der Waals surface area contributed by atoms with E-state index in [0.717, 1.165) is 12.0 Å². The molecular weight excluding hydrogens is 240 g/mol. The second-order valence-corrected chi connectivity index (χ2v) is 6.14. The Morgan fingerprint density at radius 2 is 2.18 bits per heavy atom. The van der Waals surface area contributed by atoms with Gasteiger partial charge in [-0.2, -0.15) is 9.40 Å². The number of hydrogen-bond acceptors (Lipinski definition) is 4. The molecule has 94 valence electrons. The molecule has 2 N–H and O–H groups in total. The number of anilines is 1. The predicted octanol–water partition coefficient (Wildman–Crippen LogP) is 0.343. The Balaban J connectivity index is 2.37. The van der Waals surface area contributed by atoms with E-state index >= 15 is 0 Å². The highest BCUT2D eigenvalue weighted by atomic mass is 32.2. The lowest BCUT2D eigenvalue weighted by atomic mass is 10.2. The van der Waals surface area contributed by atoms with Crippen LogP contribution in [0.4, 0.5) is 5.82 Å². The third kappa shape index (κ3) is 2.20. The van der Waals surface area contributed by atoms with Crippen LogP contribution < -0.4 is 5.73 Å². The Hall–Kier alpha value is -1.34. The third-order valence-corrected chi connectivity index (χ3v) is 4.60. The molecule has 0 saturated heterocycles. The van der Waals surface area contributed by atoms with Crippen molar-refractivity contribution in [3.63, 3.8) is 0 Å². The quantitative estimate of drug-likeness (QED) is 0.774. The van der Waals surface area contributed by atoms with Gasteiger partial charge in [-0.15, -0.1) is 0 Å². The van der Waals surface area contributed by atoms with Gasteiger partial charge in [0, 0.05) is 26.3 Å². The maximum atomic E-state index is 12.3. The van der Waals surface area contributed by atoms with Crippen molar-refractivity contribution in [2.75, 3.05) is 18.8 Å². The molecule has 0 saturated carbocycles. The largest absolute Gasteiger partial charge is 0.381 e. The summed E-state index contributed by atoms with van der Waals surface area (Å²) in [4.78, 5) is 0.0923. The lowest BCUT2D eigenvalue weighted by molar-refractivity contribution is 0.428. The molecular formula is C10H16N4O2S. The van der Waals surface area contributed by atoms with Crippen LogP contribution in [0.15, 0.2) is 22.7 Å². The van der Waals surface area contributed by atoms with Gasteiger partial charge >= 0.3 is 0 Å². The monoisotopic (exact) mass is 256 g/mol. The van der Waals surface area contributed by atoms with Gasteiger partial charge in [0.15, 0.2) is 5.82 Å². The average Bonchev–Trinajstić information content (AvgIpc) is 2.58. The summed E-state index contributed by atoms with van der Waals surface area (Å²) in [5.74, 6) is 0.0553. The van der Waals surface area contributed by atoms with Crippen molar-refractivity contribution in [2.24, 2.45) is 7.05 Å². The molecule has 0 fully saturated rings. The summed E-state index contributed by atoms with van der Waals surface area (Å²) < 4.78 is 27.5. The van der Waals surface area contributed by atoms with Gasteiger partial charge in [-0.1, -0.05) is 11.6 Å². The fourth-order valence-corrected chi connectivity index (χ4v) is 3.49. The smallest absolute Gasteiger partial charge is 0.248 e. The molecule has 1 aromatic rings. The summed E-state index contributed by atoms with van der Waals surface area (Å²) in [5.41, 5.74) is 6.67. The molecule has 6 nitrogen and oxygen atoms in total. The Kier molecular flexibility index (Phi) is 2.96. The number of nitrogens with zero attached hydrogens (tertiary/aromatic N) is 3. The minimum absolute atomic E-state index is 0.0553. The van der Waals surface area contributed by atoms with Crippen LogP contribution in [0.3, 0.4) is 0 Å². The van der Waals surface area contributed by atoms with E-state index in [-0.39, 0.29) is 10.7 Å². The van der Waals surface area contributed by atoms with Crippen molar-refractivity contribution in [3.05, 3.63) is 17.8 Å². The van der Waals surface area contributed by atoms with E-state index in [0.29, 0.717) is 13.1 Å². The topological polar surface area (TPSA) is 81.2 Å². The van der Waals surface area contributed by atoms with Gasteiger partial charge in [0.1, 0.15) is 4.90 Å². The van der Waals surface area contributed by atoms with E-state index < -0.39 is 10.0 Å². The van der Waals surface area contributed by atoms with Crippen molar-refractivity contribution < 1.29 is 8.42 Å². The molecule has 1 aliphatic rings. The van der Waals surface area contributed by atoms with Crippen LogP contribution >= 0.6 is 0 Å². The Morgan fingerprint density at radius 3 is 2.71 bits per heavy atom. The molecule has 0 atom stereocenters. The first-order valence-corrected chi connectivity index (χ1v) is 6.80. The molecule has 0 unspecified atom stereocenters. The molecule has 1 aromatic heterocycles. The zero-order chi connectivity index (χ0) is 12.6. The number of aryl methyl sites for hydroxylation is 1. The van der Waals surface area contributed by atoms with E-state index in [2.05, 4.69) is 11.2 Å². The maximum absolute atomic E-state index is 12.3. The highest BCUT2D eigenvalue weighted by molar-refractivity contribution is 7.89. The van der Waals surface area contributed by atoms with Crippen LogP contribution in [-0.2, 0) is 17.1 Å². The van der Waals surface area contributed by atoms with Crippen LogP contribution in [0.5, 0.6) is 0 Å². The van der Waals surface area contributed by atoms with E-state index in [1.165, 1.54) is 15.2 Å². The van der Waals surface area contributed by atoms with Gasteiger partial charge in [0.25, 0.3) is 0 Å². The van der Waals surface area contributed by atoms with Crippen LogP contribution in [-0.4, -0.2) is 35.6 Å². The minimum Gasteiger partial charge on any atom is -0.381 e. The SMILES string of the molecule is CC1=CCCN(S(=O)(=O)c2cn(C)nc2N)C1. The Bertz CT molecular complexity index is 559. The number of rotatable bonds is 2. The maximum Gasteiger partial charge on any atom is 0.248 e. The van der Waals surface area contributed by atoms with Crippen molar-refractivity contribution in [2.45, 2.75) is 18.2 Å². The van der Waals surface area contributed by atoms with Gasteiger partial charge in [0.05, 0.1) is 0 Å². The minimum atomic E-state index is -3.52. The summed E-state index contributed by atoms with van der Waals surface area (Å²) in [7, 11) is -1.87. The fraction of sp³-hybridized carbons (Fsp3) is 0.500. The Morgan fingerprint density at radius 1 is 1.47 bits per heavy atom. The molecule has 0 radical (unpaired) electrons. The number of sulfonamides is 1. The van der Waals surface area contributed by atoms with Gasteiger partial charge < -0.3 is 5.73 Å². The van der Waals surface area contributed by atoms with Gasteiger partial charge in [-0.25, -0.2) is 8.42 Å².